The van der Waals surface area contributed by atoms with Crippen LogP contribution in [-0.4, -0.2) is 48.6 Å². The lowest BCUT2D eigenvalue weighted by molar-refractivity contribution is 0.0787. The zero-order valence-corrected chi connectivity index (χ0v) is 13.9. The van der Waals surface area contributed by atoms with Crippen LogP contribution < -0.4 is 0 Å². The molecule has 1 amide bonds. The van der Waals surface area contributed by atoms with Crippen LogP contribution in [0.15, 0.2) is 16.8 Å². The van der Waals surface area contributed by atoms with E-state index in [1.807, 2.05) is 24.8 Å². The number of hydrogen-bond acceptors (Lipinski definition) is 6. The SMILES string of the molecule is Cc1noc([C@@H]2CCN(C(=O)c3c(C)nc4ccnn4c3C)C2)n1. The van der Waals surface area contributed by atoms with Crippen LogP contribution in [0.4, 0.5) is 0 Å². The molecule has 24 heavy (non-hydrogen) atoms. The highest BCUT2D eigenvalue weighted by Crippen LogP contribution is 2.28. The molecule has 0 spiro atoms. The van der Waals surface area contributed by atoms with E-state index in [9.17, 15) is 4.79 Å². The van der Waals surface area contributed by atoms with Gasteiger partial charge in [0, 0.05) is 19.2 Å². The smallest absolute Gasteiger partial charge is 0.257 e. The Balaban J connectivity index is 1.63. The second-order valence-corrected chi connectivity index (χ2v) is 6.18. The maximum Gasteiger partial charge on any atom is 0.257 e. The average Bonchev–Trinajstić information content (AvgIpc) is 3.25. The van der Waals surface area contributed by atoms with E-state index in [1.54, 1.807) is 17.6 Å². The molecule has 0 N–H and O–H groups in total. The van der Waals surface area contributed by atoms with Crippen molar-refractivity contribution in [2.45, 2.75) is 33.1 Å². The van der Waals surface area contributed by atoms with Gasteiger partial charge < -0.3 is 9.42 Å². The summed E-state index contributed by atoms with van der Waals surface area (Å²) in [5.74, 6) is 1.30. The quantitative estimate of drug-likeness (QED) is 0.711. The molecule has 0 bridgehead atoms. The molecular formula is C16H18N6O2. The van der Waals surface area contributed by atoms with Gasteiger partial charge in [-0.25, -0.2) is 9.50 Å². The molecule has 8 heteroatoms. The standard InChI is InChI=1S/C16H18N6O2/c1-9-14(10(2)22-13(18-9)4-6-17-22)16(23)21-7-5-12(8-21)15-19-11(3)20-24-15/h4,6,12H,5,7-8H2,1-3H3/t12-/m1/s1. The Hall–Kier alpha value is -2.77. The lowest BCUT2D eigenvalue weighted by atomic mass is 10.1. The summed E-state index contributed by atoms with van der Waals surface area (Å²) in [5, 5.41) is 8.08. The van der Waals surface area contributed by atoms with Gasteiger partial charge in [0.1, 0.15) is 0 Å². The van der Waals surface area contributed by atoms with E-state index >= 15 is 0 Å². The summed E-state index contributed by atoms with van der Waals surface area (Å²) in [7, 11) is 0. The molecule has 0 aliphatic carbocycles. The average molecular weight is 326 g/mol. The number of carbonyl (C=O) groups excluding carboxylic acids is 1. The number of likely N-dealkylation sites (tertiary alicyclic amines) is 1. The molecule has 0 radical (unpaired) electrons. The van der Waals surface area contributed by atoms with Crippen molar-refractivity contribution in [3.05, 3.63) is 40.9 Å². The third-order valence-corrected chi connectivity index (χ3v) is 4.53. The first-order valence-corrected chi connectivity index (χ1v) is 7.95. The fraction of sp³-hybridized carbons (Fsp3) is 0.438. The van der Waals surface area contributed by atoms with E-state index in [1.165, 1.54) is 0 Å². The summed E-state index contributed by atoms with van der Waals surface area (Å²) < 4.78 is 6.95. The molecule has 0 aromatic carbocycles. The van der Waals surface area contributed by atoms with E-state index in [0.717, 1.165) is 23.5 Å². The fourth-order valence-electron chi connectivity index (χ4n) is 3.33. The lowest BCUT2D eigenvalue weighted by Gasteiger charge is -2.18. The Morgan fingerprint density at radius 1 is 1.29 bits per heavy atom. The predicted octanol–water partition coefficient (Wildman–Crippen LogP) is 1.67. The summed E-state index contributed by atoms with van der Waals surface area (Å²) in [6.07, 6.45) is 2.51. The van der Waals surface area contributed by atoms with Crippen LogP contribution >= 0.6 is 0 Å². The van der Waals surface area contributed by atoms with Gasteiger partial charge in [0.2, 0.25) is 5.89 Å². The van der Waals surface area contributed by atoms with Crippen molar-refractivity contribution in [1.29, 1.82) is 0 Å². The summed E-state index contributed by atoms with van der Waals surface area (Å²) in [4.78, 5) is 23.6. The Labute approximate surface area is 138 Å². The van der Waals surface area contributed by atoms with E-state index in [2.05, 4.69) is 20.2 Å². The number of rotatable bonds is 2. The third-order valence-electron chi connectivity index (χ3n) is 4.53. The van der Waals surface area contributed by atoms with Crippen LogP contribution in [0.25, 0.3) is 5.65 Å². The van der Waals surface area contributed by atoms with Crippen LogP contribution in [0.1, 0.15) is 45.8 Å². The molecule has 1 fully saturated rings. The molecule has 1 saturated heterocycles. The molecule has 1 aliphatic heterocycles. The molecule has 1 aliphatic rings. The minimum Gasteiger partial charge on any atom is -0.339 e. The lowest BCUT2D eigenvalue weighted by Crippen LogP contribution is -2.30. The highest BCUT2D eigenvalue weighted by Gasteiger charge is 2.33. The van der Waals surface area contributed by atoms with E-state index in [-0.39, 0.29) is 11.8 Å². The number of aryl methyl sites for hydroxylation is 3. The molecular weight excluding hydrogens is 308 g/mol. The first kappa shape index (κ1) is 14.8. The maximum absolute atomic E-state index is 13.0. The zero-order chi connectivity index (χ0) is 16.8. The zero-order valence-electron chi connectivity index (χ0n) is 13.9. The van der Waals surface area contributed by atoms with Crippen LogP contribution in [0.3, 0.4) is 0 Å². The highest BCUT2D eigenvalue weighted by atomic mass is 16.5. The number of aromatic nitrogens is 5. The van der Waals surface area contributed by atoms with Gasteiger partial charge in [0.25, 0.3) is 5.91 Å². The van der Waals surface area contributed by atoms with Crippen molar-refractivity contribution in [2.75, 3.05) is 13.1 Å². The monoisotopic (exact) mass is 326 g/mol. The minimum absolute atomic E-state index is 0.0198. The minimum atomic E-state index is -0.0198. The van der Waals surface area contributed by atoms with Gasteiger partial charge in [-0.15, -0.1) is 0 Å². The van der Waals surface area contributed by atoms with Crippen molar-refractivity contribution in [2.24, 2.45) is 0 Å². The second kappa shape index (κ2) is 5.40. The first-order valence-electron chi connectivity index (χ1n) is 7.95. The van der Waals surface area contributed by atoms with Gasteiger partial charge >= 0.3 is 0 Å². The second-order valence-electron chi connectivity index (χ2n) is 6.18. The van der Waals surface area contributed by atoms with Crippen molar-refractivity contribution < 1.29 is 9.32 Å². The third kappa shape index (κ3) is 2.26. The summed E-state index contributed by atoms with van der Waals surface area (Å²) in [6, 6.07) is 1.83. The highest BCUT2D eigenvalue weighted by molar-refractivity contribution is 5.96. The van der Waals surface area contributed by atoms with Gasteiger partial charge in [-0.3, -0.25) is 4.79 Å². The van der Waals surface area contributed by atoms with E-state index < -0.39 is 0 Å². The molecule has 3 aromatic heterocycles. The maximum atomic E-state index is 13.0. The topological polar surface area (TPSA) is 89.4 Å². The number of carbonyl (C=O) groups is 1. The number of amides is 1. The number of hydrogen-bond donors (Lipinski definition) is 0. The molecule has 8 nitrogen and oxygen atoms in total. The Morgan fingerprint density at radius 3 is 2.88 bits per heavy atom. The van der Waals surface area contributed by atoms with E-state index in [0.29, 0.717) is 30.4 Å². The number of nitrogens with zero attached hydrogens (tertiary/aromatic N) is 6. The fourth-order valence-corrected chi connectivity index (χ4v) is 3.33. The van der Waals surface area contributed by atoms with Gasteiger partial charge in [0.05, 0.1) is 29.1 Å². The Bertz CT molecular complexity index is 928. The van der Waals surface area contributed by atoms with Gasteiger partial charge in [-0.2, -0.15) is 10.1 Å². The number of fused-ring (bicyclic) bond motifs is 1. The molecule has 4 heterocycles. The van der Waals surface area contributed by atoms with Crippen LogP contribution in [0.2, 0.25) is 0 Å². The molecule has 4 rings (SSSR count). The van der Waals surface area contributed by atoms with Crippen LogP contribution in [0.5, 0.6) is 0 Å². The molecule has 3 aromatic rings. The van der Waals surface area contributed by atoms with E-state index in [4.69, 9.17) is 4.52 Å². The Morgan fingerprint density at radius 2 is 2.12 bits per heavy atom. The van der Waals surface area contributed by atoms with Gasteiger partial charge in [0.15, 0.2) is 11.5 Å². The molecule has 1 atom stereocenters. The normalized spacial score (nSPS) is 17.8. The van der Waals surface area contributed by atoms with Gasteiger partial charge in [-0.1, -0.05) is 5.16 Å². The molecule has 0 unspecified atom stereocenters. The van der Waals surface area contributed by atoms with Crippen LogP contribution in [0, 0.1) is 20.8 Å². The molecule has 124 valence electrons. The van der Waals surface area contributed by atoms with Crippen molar-refractivity contribution in [3.63, 3.8) is 0 Å². The predicted molar refractivity (Wildman–Crippen MR) is 84.8 cm³/mol. The van der Waals surface area contributed by atoms with Crippen LogP contribution in [-0.2, 0) is 0 Å². The largest absolute Gasteiger partial charge is 0.339 e. The Kier molecular flexibility index (Phi) is 3.33. The summed E-state index contributed by atoms with van der Waals surface area (Å²) >= 11 is 0. The summed E-state index contributed by atoms with van der Waals surface area (Å²) in [5.41, 5.74) is 2.91. The first-order chi connectivity index (χ1) is 11.5. The van der Waals surface area contributed by atoms with Crippen molar-refractivity contribution in [3.8, 4) is 0 Å². The van der Waals surface area contributed by atoms with Crippen molar-refractivity contribution in [1.82, 2.24) is 29.6 Å². The molecule has 0 saturated carbocycles. The van der Waals surface area contributed by atoms with Gasteiger partial charge in [-0.05, 0) is 27.2 Å². The summed E-state index contributed by atoms with van der Waals surface area (Å²) in [6.45, 7) is 6.80. The van der Waals surface area contributed by atoms with Crippen molar-refractivity contribution >= 4 is 11.6 Å².